The van der Waals surface area contributed by atoms with Crippen LogP contribution >= 0.6 is 0 Å². The highest BCUT2D eigenvalue weighted by atomic mass is 35.5. The molecule has 0 aliphatic carbocycles. The Balaban J connectivity index is 0.00000533. The molecule has 0 fully saturated rings. The van der Waals surface area contributed by atoms with E-state index in [2.05, 4.69) is 48.3 Å². The summed E-state index contributed by atoms with van der Waals surface area (Å²) in [6.45, 7) is 2.85. The molecule has 0 unspecified atom stereocenters. The van der Waals surface area contributed by atoms with Gasteiger partial charge in [0.2, 0.25) is 5.91 Å². The van der Waals surface area contributed by atoms with Crippen LogP contribution in [0.5, 0.6) is 0 Å². The zero-order valence-corrected chi connectivity index (χ0v) is 26.3. The van der Waals surface area contributed by atoms with Crippen molar-refractivity contribution in [2.75, 3.05) is 39.0 Å². The fraction of sp³-hybridized carbons (Fsp3) is 0.355. The number of carbonyl (C=O) groups excluding carboxylic acids is 2. The van der Waals surface area contributed by atoms with Crippen LogP contribution in [0.2, 0.25) is 0 Å². The zero-order chi connectivity index (χ0) is 27.4. The van der Waals surface area contributed by atoms with Gasteiger partial charge in [0.1, 0.15) is 19.1 Å². The SMILES string of the molecule is C[N+](C)(CC[NH3+])CCC[C@H]([NH3+])C(=O)N[C@H](CCc1ccccc1)C(=O)Nc1ccc(-c2ccccc2)cc1.[Cl-].[Cl-].[Cl-]. The highest BCUT2D eigenvalue weighted by Gasteiger charge is 2.26. The smallest absolute Gasteiger partial charge is 0.278 e. The Morgan fingerprint density at radius 2 is 1.32 bits per heavy atom. The first-order chi connectivity index (χ1) is 18.3. The number of likely N-dealkylation sites (N-methyl/N-ethyl adjacent to an activating group) is 1. The Bertz CT molecular complexity index is 1150. The van der Waals surface area contributed by atoms with Crippen LogP contribution in [0.3, 0.4) is 0 Å². The van der Waals surface area contributed by atoms with Gasteiger partial charge in [-0.1, -0.05) is 72.8 Å². The van der Waals surface area contributed by atoms with Crippen LogP contribution in [-0.4, -0.2) is 62.1 Å². The summed E-state index contributed by atoms with van der Waals surface area (Å²) in [7, 11) is 4.36. The van der Waals surface area contributed by atoms with Crippen LogP contribution in [0.25, 0.3) is 11.1 Å². The van der Waals surface area contributed by atoms with Gasteiger partial charge in [0, 0.05) is 18.5 Å². The summed E-state index contributed by atoms with van der Waals surface area (Å²) in [6.07, 6.45) is 2.76. The minimum atomic E-state index is -0.654. The normalized spacial score (nSPS) is 12.0. The molecule has 3 aromatic carbocycles. The number of hydrogen-bond acceptors (Lipinski definition) is 2. The average molecular weight is 625 g/mol. The molecule has 41 heavy (non-hydrogen) atoms. The van der Waals surface area contributed by atoms with Gasteiger partial charge in [-0.05, 0) is 41.7 Å². The maximum Gasteiger partial charge on any atom is 0.278 e. The Kier molecular flexibility index (Phi) is 18.2. The van der Waals surface area contributed by atoms with Crippen LogP contribution in [-0.2, 0) is 16.0 Å². The minimum absolute atomic E-state index is 0. The van der Waals surface area contributed by atoms with E-state index in [1.165, 1.54) is 0 Å². The second kappa shape index (κ2) is 19.5. The van der Waals surface area contributed by atoms with Gasteiger partial charge < -0.3 is 63.8 Å². The predicted molar refractivity (Wildman–Crippen MR) is 153 cm³/mol. The van der Waals surface area contributed by atoms with Gasteiger partial charge in [-0.25, -0.2) is 0 Å². The summed E-state index contributed by atoms with van der Waals surface area (Å²) in [5, 5.41) is 5.98. The fourth-order valence-corrected chi connectivity index (χ4v) is 4.56. The number of amides is 2. The molecule has 0 aliphatic heterocycles. The zero-order valence-electron chi connectivity index (χ0n) is 24.0. The number of nitrogens with one attached hydrogen (secondary N) is 2. The van der Waals surface area contributed by atoms with E-state index in [0.717, 1.165) is 47.2 Å². The fourth-order valence-electron chi connectivity index (χ4n) is 4.56. The van der Waals surface area contributed by atoms with Gasteiger partial charge in [0.25, 0.3) is 5.91 Å². The van der Waals surface area contributed by atoms with Crippen LogP contribution in [0.4, 0.5) is 5.69 Å². The number of rotatable bonds is 14. The quantitative estimate of drug-likeness (QED) is 0.134. The molecule has 10 heteroatoms. The summed E-state index contributed by atoms with van der Waals surface area (Å²) in [6, 6.07) is 26.8. The lowest BCUT2D eigenvalue weighted by Gasteiger charge is -2.28. The van der Waals surface area contributed by atoms with E-state index in [1.54, 1.807) is 0 Å². The van der Waals surface area contributed by atoms with Crippen LogP contribution in [0, 0.1) is 0 Å². The molecular formula is C31H44Cl3N5O2. The molecule has 0 bridgehead atoms. The van der Waals surface area contributed by atoms with E-state index in [4.69, 9.17) is 0 Å². The number of halogens is 3. The van der Waals surface area contributed by atoms with Crippen molar-refractivity contribution in [3.63, 3.8) is 0 Å². The lowest BCUT2D eigenvalue weighted by Crippen LogP contribution is -3.00. The van der Waals surface area contributed by atoms with Gasteiger partial charge in [-0.3, -0.25) is 9.59 Å². The van der Waals surface area contributed by atoms with E-state index in [9.17, 15) is 9.59 Å². The summed E-state index contributed by atoms with van der Waals surface area (Å²) in [4.78, 5) is 26.3. The predicted octanol–water partition coefficient (Wildman–Crippen LogP) is -6.87. The number of carbonyl (C=O) groups is 2. The number of quaternary nitrogens is 3. The first-order valence-electron chi connectivity index (χ1n) is 13.5. The molecule has 0 saturated carbocycles. The third kappa shape index (κ3) is 13.3. The van der Waals surface area contributed by atoms with Crippen molar-refractivity contribution >= 4 is 17.5 Å². The standard InChI is InChI=1S/C31H41N5O2.3ClH/c1-36(2,23-21-32)22-9-14-28(33)30(37)35-29(20-15-24-10-5-3-6-11-24)31(38)34-27-18-16-26(17-19-27)25-12-7-4-8-13-25;;;/h3-8,10-13,16-19,28-29H,9,14-15,20-23,32-33H2,1-2H3,(H-,34,35,37,38);3*1H/t28-,29+;;;/m0.../s1. The van der Waals surface area contributed by atoms with Crippen LogP contribution in [0.15, 0.2) is 84.9 Å². The number of aryl methyl sites for hydroxylation is 1. The molecule has 0 heterocycles. The molecule has 0 spiro atoms. The van der Waals surface area contributed by atoms with E-state index < -0.39 is 12.1 Å². The summed E-state index contributed by atoms with van der Waals surface area (Å²) in [5.41, 5.74) is 12.1. The van der Waals surface area contributed by atoms with Crippen molar-refractivity contribution in [1.82, 2.24) is 5.32 Å². The van der Waals surface area contributed by atoms with Crippen LogP contribution < -0.4 is 59.3 Å². The lowest BCUT2D eigenvalue weighted by molar-refractivity contribution is -0.895. The maximum absolute atomic E-state index is 13.3. The molecule has 0 radical (unpaired) electrons. The summed E-state index contributed by atoms with van der Waals surface area (Å²) < 4.78 is 0.878. The first kappa shape index (κ1) is 38.4. The van der Waals surface area contributed by atoms with Crippen molar-refractivity contribution in [3.05, 3.63) is 90.5 Å². The Hall–Kier alpha value is -2.65. The molecule has 2 atom stereocenters. The number of nitrogens with zero attached hydrogens (tertiary/aromatic N) is 1. The van der Waals surface area contributed by atoms with Gasteiger partial charge in [0.05, 0.1) is 20.6 Å². The summed E-state index contributed by atoms with van der Waals surface area (Å²) >= 11 is 0. The van der Waals surface area contributed by atoms with E-state index in [1.807, 2.05) is 72.8 Å². The molecule has 0 aromatic heterocycles. The number of benzene rings is 3. The molecule has 2 amide bonds. The molecule has 7 nitrogen and oxygen atoms in total. The summed E-state index contributed by atoms with van der Waals surface area (Å²) in [5.74, 6) is -0.401. The molecule has 226 valence electrons. The minimum Gasteiger partial charge on any atom is -1.00 e. The largest absolute Gasteiger partial charge is 1.00 e. The van der Waals surface area contributed by atoms with Crippen molar-refractivity contribution in [3.8, 4) is 11.1 Å². The van der Waals surface area contributed by atoms with Crippen molar-refractivity contribution in [2.24, 2.45) is 0 Å². The molecule has 3 aromatic rings. The average Bonchev–Trinajstić information content (AvgIpc) is 2.92. The highest BCUT2D eigenvalue weighted by molar-refractivity contribution is 5.97. The highest BCUT2D eigenvalue weighted by Crippen LogP contribution is 2.21. The second-order valence-electron chi connectivity index (χ2n) is 10.6. The molecule has 3 rings (SSSR count). The van der Waals surface area contributed by atoms with E-state index in [0.29, 0.717) is 24.9 Å². The third-order valence-corrected chi connectivity index (χ3v) is 6.91. The van der Waals surface area contributed by atoms with Crippen LogP contribution in [0.1, 0.15) is 24.8 Å². The molecular weight excluding hydrogens is 581 g/mol. The first-order valence-corrected chi connectivity index (χ1v) is 13.5. The third-order valence-electron chi connectivity index (χ3n) is 6.91. The Labute approximate surface area is 263 Å². The van der Waals surface area contributed by atoms with Gasteiger partial charge in [-0.15, -0.1) is 0 Å². The van der Waals surface area contributed by atoms with Gasteiger partial charge in [-0.2, -0.15) is 0 Å². The molecule has 8 N–H and O–H groups in total. The second-order valence-corrected chi connectivity index (χ2v) is 10.6. The van der Waals surface area contributed by atoms with Gasteiger partial charge in [0.15, 0.2) is 6.04 Å². The lowest BCUT2D eigenvalue weighted by atomic mass is 10.0. The maximum atomic E-state index is 13.3. The van der Waals surface area contributed by atoms with Crippen molar-refractivity contribution < 1.29 is 62.8 Å². The van der Waals surface area contributed by atoms with E-state index in [-0.39, 0.29) is 49.0 Å². The van der Waals surface area contributed by atoms with E-state index >= 15 is 0 Å². The molecule has 0 aliphatic rings. The topological polar surface area (TPSA) is 113 Å². The Morgan fingerprint density at radius 3 is 1.90 bits per heavy atom. The number of anilines is 1. The molecule has 0 saturated heterocycles. The Morgan fingerprint density at radius 1 is 0.756 bits per heavy atom. The van der Waals surface area contributed by atoms with Crippen molar-refractivity contribution in [1.29, 1.82) is 0 Å². The van der Waals surface area contributed by atoms with Crippen molar-refractivity contribution in [2.45, 2.75) is 37.8 Å². The monoisotopic (exact) mass is 623 g/mol. The number of hydrogen-bond donors (Lipinski definition) is 4. The van der Waals surface area contributed by atoms with Gasteiger partial charge >= 0.3 is 0 Å².